The van der Waals surface area contributed by atoms with E-state index in [2.05, 4.69) is 41.0 Å². The summed E-state index contributed by atoms with van der Waals surface area (Å²) in [5.41, 5.74) is 1.66. The van der Waals surface area contributed by atoms with Gasteiger partial charge in [0.1, 0.15) is 12.4 Å². The molecule has 0 spiro atoms. The maximum Gasteiger partial charge on any atom is 0.418 e. The number of rotatable bonds is 4. The monoisotopic (exact) mass is 452 g/mol. The molecule has 2 aromatic carbocycles. The van der Waals surface area contributed by atoms with Crippen LogP contribution in [-0.2, 0) is 18.2 Å². The topological polar surface area (TPSA) is 70.9 Å². The molecule has 8 heteroatoms. The molecule has 4 rings (SSSR count). The number of aliphatic hydroxyl groups excluding tert-OH is 1. The highest BCUT2D eigenvalue weighted by Crippen LogP contribution is 2.37. The predicted octanol–water partition coefficient (Wildman–Crippen LogP) is 6.24. The molecular weight excluding hydrogens is 429 g/mol. The number of hydrogen-bond acceptors (Lipinski definition) is 5. The number of nitrogens with zero attached hydrogens (tertiary/aromatic N) is 3. The molecule has 0 aliphatic heterocycles. The Balaban J connectivity index is 1.77. The zero-order valence-corrected chi connectivity index (χ0v) is 18.4. The molecule has 5 nitrogen and oxygen atoms in total. The van der Waals surface area contributed by atoms with E-state index in [0.717, 1.165) is 11.8 Å². The maximum atomic E-state index is 13.5. The van der Waals surface area contributed by atoms with E-state index in [1.165, 1.54) is 23.9 Å². The van der Waals surface area contributed by atoms with Crippen LogP contribution in [0.25, 0.3) is 22.2 Å². The van der Waals surface area contributed by atoms with E-state index in [1.54, 1.807) is 12.1 Å². The fraction of sp³-hybridized carbons (Fsp3) is 0.240. The van der Waals surface area contributed by atoms with Gasteiger partial charge in [-0.3, -0.25) is 4.98 Å². The van der Waals surface area contributed by atoms with Gasteiger partial charge < -0.3 is 10.4 Å². The Morgan fingerprint density at radius 3 is 2.30 bits per heavy atom. The van der Waals surface area contributed by atoms with Crippen LogP contribution >= 0.6 is 0 Å². The van der Waals surface area contributed by atoms with Gasteiger partial charge >= 0.3 is 6.18 Å². The first-order valence-electron chi connectivity index (χ1n) is 10.4. The molecule has 4 aromatic rings. The lowest BCUT2D eigenvalue weighted by molar-refractivity contribution is -0.137. The largest absolute Gasteiger partial charge is 0.418 e. The fourth-order valence-electron chi connectivity index (χ4n) is 3.55. The van der Waals surface area contributed by atoms with Gasteiger partial charge in [0.05, 0.1) is 16.8 Å². The van der Waals surface area contributed by atoms with Gasteiger partial charge in [0.15, 0.2) is 5.82 Å². The Morgan fingerprint density at radius 2 is 1.67 bits per heavy atom. The number of fused-ring (bicyclic) bond motifs is 1. The van der Waals surface area contributed by atoms with Crippen molar-refractivity contribution in [1.82, 2.24) is 15.0 Å². The molecule has 0 saturated heterocycles. The summed E-state index contributed by atoms with van der Waals surface area (Å²) in [5, 5.41) is 13.5. The number of anilines is 2. The zero-order chi connectivity index (χ0) is 23.8. The first-order valence-corrected chi connectivity index (χ1v) is 10.4. The summed E-state index contributed by atoms with van der Waals surface area (Å²) in [6.07, 6.45) is -3.21. The lowest BCUT2D eigenvalue weighted by atomic mass is 9.87. The summed E-state index contributed by atoms with van der Waals surface area (Å²) in [4.78, 5) is 12.6. The van der Waals surface area contributed by atoms with E-state index in [4.69, 9.17) is 0 Å². The molecule has 0 fully saturated rings. The number of benzene rings is 2. The van der Waals surface area contributed by atoms with Gasteiger partial charge in [0.25, 0.3) is 0 Å². The molecule has 2 aromatic heterocycles. The molecule has 2 N–H and O–H groups in total. The van der Waals surface area contributed by atoms with Crippen molar-refractivity contribution in [3.63, 3.8) is 0 Å². The number of hydrogen-bond donors (Lipinski definition) is 2. The SMILES string of the molecule is CC(C)(C)c1ccc(Nc2nc(CO)nc3cc(-c4ncccc4C(F)(F)F)ccc23)cc1. The third-order valence-electron chi connectivity index (χ3n) is 5.28. The first kappa shape index (κ1) is 22.7. The third-order valence-corrected chi connectivity index (χ3v) is 5.28. The number of pyridine rings is 1. The Morgan fingerprint density at radius 1 is 0.939 bits per heavy atom. The molecule has 0 bridgehead atoms. The number of aliphatic hydroxyl groups is 1. The van der Waals surface area contributed by atoms with Gasteiger partial charge in [-0.05, 0) is 47.4 Å². The molecule has 0 amide bonds. The highest BCUT2D eigenvalue weighted by Gasteiger charge is 2.34. The normalized spacial score (nSPS) is 12.2. The Hall–Kier alpha value is -3.52. The van der Waals surface area contributed by atoms with Crippen molar-refractivity contribution in [3.8, 4) is 11.3 Å². The van der Waals surface area contributed by atoms with Crippen LogP contribution in [0, 0.1) is 0 Å². The van der Waals surface area contributed by atoms with Gasteiger partial charge in [0.2, 0.25) is 0 Å². The Kier molecular flexibility index (Phi) is 5.80. The number of halogens is 3. The molecule has 170 valence electrons. The summed E-state index contributed by atoms with van der Waals surface area (Å²) in [5.74, 6) is 0.613. The molecular formula is C25H23F3N4O. The highest BCUT2D eigenvalue weighted by atomic mass is 19.4. The third kappa shape index (κ3) is 4.80. The maximum absolute atomic E-state index is 13.5. The summed E-state index contributed by atoms with van der Waals surface area (Å²) in [6, 6.07) is 14.9. The number of nitrogens with one attached hydrogen (secondary N) is 1. The van der Waals surface area contributed by atoms with Crippen LogP contribution in [-0.4, -0.2) is 20.1 Å². The average molecular weight is 452 g/mol. The second-order valence-electron chi connectivity index (χ2n) is 8.73. The summed E-state index contributed by atoms with van der Waals surface area (Å²) >= 11 is 0. The molecule has 0 radical (unpaired) electrons. The van der Waals surface area contributed by atoms with Crippen molar-refractivity contribution in [2.75, 3.05) is 5.32 Å². The summed E-state index contributed by atoms with van der Waals surface area (Å²) in [6.45, 7) is 5.98. The van der Waals surface area contributed by atoms with Crippen LogP contribution in [0.1, 0.15) is 37.7 Å². The van der Waals surface area contributed by atoms with Crippen LogP contribution in [0.4, 0.5) is 24.7 Å². The Bertz CT molecular complexity index is 1300. The minimum Gasteiger partial charge on any atom is -0.388 e. The standard InChI is InChI=1S/C25H23F3N4O/c1-24(2,3)16-7-9-17(10-8-16)30-23-18-11-6-15(13-20(18)31-21(14-33)32-23)22-19(25(26,27)28)5-4-12-29-22/h4-13,33H,14H2,1-3H3,(H,30,31,32). The number of aromatic nitrogens is 3. The predicted molar refractivity (Wildman–Crippen MR) is 122 cm³/mol. The van der Waals surface area contributed by atoms with E-state index >= 15 is 0 Å². The van der Waals surface area contributed by atoms with Gasteiger partial charge in [0, 0.05) is 22.8 Å². The van der Waals surface area contributed by atoms with Crippen molar-refractivity contribution in [2.24, 2.45) is 0 Å². The fourth-order valence-corrected chi connectivity index (χ4v) is 3.55. The minimum absolute atomic E-state index is 0.0152. The molecule has 33 heavy (non-hydrogen) atoms. The van der Waals surface area contributed by atoms with E-state index < -0.39 is 18.3 Å². The quantitative estimate of drug-likeness (QED) is 0.383. The van der Waals surface area contributed by atoms with Crippen LogP contribution in [0.15, 0.2) is 60.8 Å². The molecule has 0 saturated carbocycles. The van der Waals surface area contributed by atoms with Crippen molar-refractivity contribution in [2.45, 2.75) is 39.0 Å². The van der Waals surface area contributed by atoms with Crippen LogP contribution < -0.4 is 5.32 Å². The Labute approximate surface area is 189 Å². The van der Waals surface area contributed by atoms with Crippen LogP contribution in [0.3, 0.4) is 0 Å². The van der Waals surface area contributed by atoms with Crippen molar-refractivity contribution in [3.05, 3.63) is 77.7 Å². The molecule has 2 heterocycles. The van der Waals surface area contributed by atoms with Crippen molar-refractivity contribution < 1.29 is 18.3 Å². The molecule has 0 aliphatic carbocycles. The smallest absolute Gasteiger partial charge is 0.388 e. The van der Waals surface area contributed by atoms with Crippen LogP contribution in [0.5, 0.6) is 0 Å². The van der Waals surface area contributed by atoms with E-state index in [0.29, 0.717) is 16.7 Å². The molecule has 0 atom stereocenters. The van der Waals surface area contributed by atoms with E-state index in [-0.39, 0.29) is 22.5 Å². The number of alkyl halides is 3. The second-order valence-corrected chi connectivity index (χ2v) is 8.73. The molecule has 0 unspecified atom stereocenters. The van der Waals surface area contributed by atoms with Gasteiger partial charge in [-0.15, -0.1) is 0 Å². The van der Waals surface area contributed by atoms with Gasteiger partial charge in [-0.1, -0.05) is 39.0 Å². The zero-order valence-electron chi connectivity index (χ0n) is 18.4. The average Bonchev–Trinajstić information content (AvgIpc) is 2.77. The van der Waals surface area contributed by atoms with Gasteiger partial charge in [-0.2, -0.15) is 13.2 Å². The summed E-state index contributed by atoms with van der Waals surface area (Å²) < 4.78 is 40.4. The minimum atomic E-state index is -4.54. The van der Waals surface area contributed by atoms with E-state index in [9.17, 15) is 18.3 Å². The molecule has 0 aliphatic rings. The van der Waals surface area contributed by atoms with Crippen molar-refractivity contribution >= 4 is 22.4 Å². The summed E-state index contributed by atoms with van der Waals surface area (Å²) in [7, 11) is 0. The highest BCUT2D eigenvalue weighted by molar-refractivity contribution is 5.93. The lowest BCUT2D eigenvalue weighted by Crippen LogP contribution is -2.10. The van der Waals surface area contributed by atoms with Crippen molar-refractivity contribution in [1.29, 1.82) is 0 Å². The lowest BCUT2D eigenvalue weighted by Gasteiger charge is -2.19. The second kappa shape index (κ2) is 8.44. The van der Waals surface area contributed by atoms with E-state index in [1.807, 2.05) is 24.3 Å². The van der Waals surface area contributed by atoms with Crippen LogP contribution in [0.2, 0.25) is 0 Å². The van der Waals surface area contributed by atoms with Gasteiger partial charge in [-0.25, -0.2) is 9.97 Å². The first-order chi connectivity index (χ1) is 15.6.